The van der Waals surface area contributed by atoms with Crippen molar-refractivity contribution in [1.29, 1.82) is 0 Å². The van der Waals surface area contributed by atoms with Crippen LogP contribution in [-0.4, -0.2) is 39.6 Å². The monoisotopic (exact) mass is 280 g/mol. The van der Waals surface area contributed by atoms with Gasteiger partial charge in [-0.05, 0) is 13.0 Å². The molecule has 4 heteroatoms. The summed E-state index contributed by atoms with van der Waals surface area (Å²) in [6, 6.07) is 0.447. The largest absolute Gasteiger partial charge is 0.336 e. The smallest absolute Gasteiger partial charge is 0.246 e. The zero-order chi connectivity index (χ0) is 9.14. The third-order valence-corrected chi connectivity index (χ3v) is 3.47. The molecule has 1 fully saturated rings. The molecule has 1 atom stereocenters. The van der Waals surface area contributed by atoms with Crippen molar-refractivity contribution in [3.05, 3.63) is 12.7 Å². The average molecular weight is 280 g/mol. The molecule has 1 unspecified atom stereocenters. The molecule has 1 rings (SSSR count). The molecule has 1 saturated heterocycles. The Morgan fingerprint density at radius 2 is 2.33 bits per heavy atom. The molecule has 0 spiro atoms. The van der Waals surface area contributed by atoms with Gasteiger partial charge < -0.3 is 4.90 Å². The van der Waals surface area contributed by atoms with Crippen LogP contribution in [0.5, 0.6) is 0 Å². The van der Waals surface area contributed by atoms with Crippen LogP contribution in [0.15, 0.2) is 12.7 Å². The van der Waals surface area contributed by atoms with Gasteiger partial charge in [0.25, 0.3) is 0 Å². The zero-order valence-corrected chi connectivity index (χ0v) is 9.32. The van der Waals surface area contributed by atoms with Crippen molar-refractivity contribution in [1.82, 2.24) is 8.01 Å². The lowest BCUT2D eigenvalue weighted by Gasteiger charge is -2.35. The third-order valence-electron chi connectivity index (χ3n) is 2.03. The molecule has 0 aliphatic carbocycles. The lowest BCUT2D eigenvalue weighted by molar-refractivity contribution is -0.127. The van der Waals surface area contributed by atoms with Crippen molar-refractivity contribution in [2.24, 2.45) is 0 Å². The van der Waals surface area contributed by atoms with Crippen molar-refractivity contribution in [2.75, 3.05) is 19.6 Å². The van der Waals surface area contributed by atoms with Gasteiger partial charge in [-0.1, -0.05) is 6.58 Å². The summed E-state index contributed by atoms with van der Waals surface area (Å²) in [6.07, 6.45) is 1.38. The summed E-state index contributed by atoms with van der Waals surface area (Å²) in [5.41, 5.74) is 0. The number of hydrogen-bond donors (Lipinski definition) is 0. The fourth-order valence-electron chi connectivity index (χ4n) is 1.26. The molecule has 1 aliphatic rings. The Morgan fingerprint density at radius 3 is 2.83 bits per heavy atom. The van der Waals surface area contributed by atoms with Gasteiger partial charge in [0.1, 0.15) is 0 Å². The molecule has 68 valence electrons. The average Bonchev–Trinajstić information content (AvgIpc) is 2.08. The predicted molar refractivity (Wildman–Crippen MR) is 57.0 cm³/mol. The second-order valence-corrected chi connectivity index (χ2v) is 4.20. The molecule has 3 nitrogen and oxygen atoms in total. The fraction of sp³-hybridized carbons (Fsp3) is 0.625. The van der Waals surface area contributed by atoms with Crippen molar-refractivity contribution < 1.29 is 4.79 Å². The Morgan fingerprint density at radius 1 is 1.67 bits per heavy atom. The standard InChI is InChI=1S/C8H13IN2O/c1-3-8(12)10-4-5-11(9)7(2)6-10/h3,7H,1,4-6H2,2H3. The SMILES string of the molecule is C=CC(=O)N1CCN(I)C(C)C1. The highest BCUT2D eigenvalue weighted by atomic mass is 127. The topological polar surface area (TPSA) is 23.6 Å². The molecule has 0 N–H and O–H groups in total. The number of nitrogens with zero attached hydrogens (tertiary/aromatic N) is 2. The molecule has 1 aliphatic heterocycles. The maximum Gasteiger partial charge on any atom is 0.246 e. The maximum atomic E-state index is 11.2. The summed E-state index contributed by atoms with van der Waals surface area (Å²) in [7, 11) is 0. The zero-order valence-electron chi connectivity index (χ0n) is 7.16. The van der Waals surface area contributed by atoms with E-state index in [0.29, 0.717) is 6.04 Å². The highest BCUT2D eigenvalue weighted by Crippen LogP contribution is 2.13. The Bertz CT molecular complexity index is 195. The van der Waals surface area contributed by atoms with E-state index in [-0.39, 0.29) is 5.91 Å². The number of hydrogen-bond acceptors (Lipinski definition) is 2. The number of rotatable bonds is 1. The van der Waals surface area contributed by atoms with E-state index in [0.717, 1.165) is 19.6 Å². The van der Waals surface area contributed by atoms with Crippen LogP contribution < -0.4 is 0 Å². The van der Waals surface area contributed by atoms with Crippen LogP contribution in [0.4, 0.5) is 0 Å². The van der Waals surface area contributed by atoms with Gasteiger partial charge in [-0.25, -0.2) is 3.11 Å². The predicted octanol–water partition coefficient (Wildman–Crippen LogP) is 1.06. The van der Waals surface area contributed by atoms with Crippen molar-refractivity contribution >= 4 is 28.8 Å². The van der Waals surface area contributed by atoms with E-state index in [1.54, 1.807) is 0 Å². The molecule has 1 amide bonds. The number of halogens is 1. The van der Waals surface area contributed by atoms with E-state index in [1.165, 1.54) is 6.08 Å². The molecular weight excluding hydrogens is 267 g/mol. The molecule has 12 heavy (non-hydrogen) atoms. The minimum Gasteiger partial charge on any atom is -0.336 e. The van der Waals surface area contributed by atoms with Gasteiger partial charge in [0.05, 0.1) is 0 Å². The van der Waals surface area contributed by atoms with Crippen LogP contribution in [-0.2, 0) is 4.79 Å². The maximum absolute atomic E-state index is 11.2. The molecule has 0 radical (unpaired) electrons. The lowest BCUT2D eigenvalue weighted by atomic mass is 10.2. The number of piperazine rings is 1. The first-order valence-electron chi connectivity index (χ1n) is 3.99. The summed E-state index contributed by atoms with van der Waals surface area (Å²) in [4.78, 5) is 13.0. The second kappa shape index (κ2) is 4.23. The molecule has 0 aromatic rings. The van der Waals surface area contributed by atoms with Gasteiger partial charge >= 0.3 is 0 Å². The van der Waals surface area contributed by atoms with E-state index in [2.05, 4.69) is 39.5 Å². The molecule has 0 aromatic heterocycles. The highest BCUT2D eigenvalue weighted by molar-refractivity contribution is 14.1. The molecular formula is C8H13IN2O. The van der Waals surface area contributed by atoms with Crippen LogP contribution in [0.2, 0.25) is 0 Å². The Labute approximate surface area is 86.9 Å². The van der Waals surface area contributed by atoms with Crippen molar-refractivity contribution in [2.45, 2.75) is 13.0 Å². The summed E-state index contributed by atoms with van der Waals surface area (Å²) >= 11 is 2.30. The van der Waals surface area contributed by atoms with E-state index in [4.69, 9.17) is 0 Å². The minimum absolute atomic E-state index is 0.0475. The summed E-state index contributed by atoms with van der Waals surface area (Å²) in [5, 5.41) is 0. The second-order valence-electron chi connectivity index (χ2n) is 2.96. The Hall–Kier alpha value is -0.100. The van der Waals surface area contributed by atoms with Crippen LogP contribution in [0, 0.1) is 0 Å². The van der Waals surface area contributed by atoms with Gasteiger partial charge in [0.2, 0.25) is 5.91 Å². The van der Waals surface area contributed by atoms with Gasteiger partial charge in [-0.2, -0.15) is 0 Å². The van der Waals surface area contributed by atoms with Crippen LogP contribution in [0.25, 0.3) is 0 Å². The first-order valence-corrected chi connectivity index (χ1v) is 4.95. The fourth-order valence-corrected chi connectivity index (χ4v) is 1.66. The van der Waals surface area contributed by atoms with E-state index < -0.39 is 0 Å². The summed E-state index contributed by atoms with van der Waals surface area (Å²) in [6.45, 7) is 8.17. The van der Waals surface area contributed by atoms with Gasteiger partial charge in [-0.3, -0.25) is 4.79 Å². The normalized spacial score (nSPS) is 25.5. The molecule has 0 bridgehead atoms. The van der Waals surface area contributed by atoms with E-state index in [9.17, 15) is 4.79 Å². The lowest BCUT2D eigenvalue weighted by Crippen LogP contribution is -2.49. The van der Waals surface area contributed by atoms with Crippen molar-refractivity contribution in [3.8, 4) is 0 Å². The van der Waals surface area contributed by atoms with Crippen LogP contribution in [0.3, 0.4) is 0 Å². The summed E-state index contributed by atoms with van der Waals surface area (Å²) in [5.74, 6) is 0.0475. The quantitative estimate of drug-likeness (QED) is 0.407. The minimum atomic E-state index is 0.0475. The first-order chi connectivity index (χ1) is 5.65. The number of carbonyl (C=O) groups is 1. The summed E-state index contributed by atoms with van der Waals surface area (Å²) < 4.78 is 2.23. The molecule has 1 heterocycles. The van der Waals surface area contributed by atoms with E-state index >= 15 is 0 Å². The highest BCUT2D eigenvalue weighted by Gasteiger charge is 2.23. The molecule has 0 saturated carbocycles. The van der Waals surface area contributed by atoms with Crippen molar-refractivity contribution in [3.63, 3.8) is 0 Å². The van der Waals surface area contributed by atoms with E-state index in [1.807, 2.05) is 4.90 Å². The van der Waals surface area contributed by atoms with Gasteiger partial charge in [0.15, 0.2) is 0 Å². The van der Waals surface area contributed by atoms with Crippen LogP contribution in [0.1, 0.15) is 6.92 Å². The first kappa shape index (κ1) is 9.98. The van der Waals surface area contributed by atoms with Crippen LogP contribution >= 0.6 is 22.9 Å². The number of carbonyl (C=O) groups excluding carboxylic acids is 1. The third kappa shape index (κ3) is 2.20. The molecule has 0 aromatic carbocycles. The van der Waals surface area contributed by atoms with Gasteiger partial charge in [0, 0.05) is 48.5 Å². The number of amides is 1. The Balaban J connectivity index is 2.50. The van der Waals surface area contributed by atoms with Gasteiger partial charge in [-0.15, -0.1) is 0 Å². The Kier molecular flexibility index (Phi) is 3.52.